The Morgan fingerprint density at radius 1 is 1.10 bits per heavy atom. The number of hydrogen-bond donors (Lipinski definition) is 3. The first-order valence-corrected chi connectivity index (χ1v) is 11.5. The van der Waals surface area contributed by atoms with Crippen molar-refractivity contribution in [2.45, 2.75) is 70.0 Å². The van der Waals surface area contributed by atoms with E-state index >= 15 is 0 Å². The molecule has 0 fully saturated rings. The summed E-state index contributed by atoms with van der Waals surface area (Å²) >= 11 is 0. The zero-order valence-corrected chi connectivity index (χ0v) is 18.0. The van der Waals surface area contributed by atoms with Crippen LogP contribution in [0.5, 0.6) is 0 Å². The summed E-state index contributed by atoms with van der Waals surface area (Å²) in [6.07, 6.45) is 4.13. The Bertz CT molecular complexity index is 1110. The van der Waals surface area contributed by atoms with Gasteiger partial charge in [-0.1, -0.05) is 0 Å². The van der Waals surface area contributed by atoms with Crippen LogP contribution in [0.1, 0.15) is 60.3 Å². The lowest BCUT2D eigenvalue weighted by Gasteiger charge is -2.17. The fourth-order valence-corrected chi connectivity index (χ4v) is 5.45. The van der Waals surface area contributed by atoms with E-state index in [0.717, 1.165) is 24.0 Å². The molecule has 0 aliphatic heterocycles. The van der Waals surface area contributed by atoms with Gasteiger partial charge in [0.2, 0.25) is 5.09 Å². The molecule has 2 aliphatic rings. The van der Waals surface area contributed by atoms with E-state index < -0.39 is 26.7 Å². The van der Waals surface area contributed by atoms with Gasteiger partial charge in [-0.15, -0.1) is 0 Å². The number of sulfonamides is 1. The highest BCUT2D eigenvalue weighted by atomic mass is 32.2. The second-order valence-corrected chi connectivity index (χ2v) is 10.1. The molecule has 9 heteroatoms. The Labute approximate surface area is 174 Å². The molecular formula is C21H25FN2O5S. The van der Waals surface area contributed by atoms with Gasteiger partial charge in [-0.05, 0) is 81.5 Å². The molecule has 0 saturated heterocycles. The van der Waals surface area contributed by atoms with Crippen LogP contribution < -0.4 is 10.0 Å². The third-order valence-electron chi connectivity index (χ3n) is 5.85. The quantitative estimate of drug-likeness (QED) is 0.680. The van der Waals surface area contributed by atoms with Gasteiger partial charge in [0, 0.05) is 17.3 Å². The van der Waals surface area contributed by atoms with E-state index in [4.69, 9.17) is 4.42 Å². The number of rotatable bonds is 4. The minimum atomic E-state index is -4.29. The highest BCUT2D eigenvalue weighted by Gasteiger charge is 2.32. The molecule has 0 bridgehead atoms. The van der Waals surface area contributed by atoms with Crippen molar-refractivity contribution in [2.75, 3.05) is 5.32 Å². The van der Waals surface area contributed by atoms with Crippen molar-refractivity contribution in [2.24, 2.45) is 0 Å². The lowest BCUT2D eigenvalue weighted by Crippen LogP contribution is -2.34. The van der Waals surface area contributed by atoms with E-state index in [1.165, 1.54) is 26.8 Å². The standard InChI is InChI=1S/C21H25FN2O5S/c1-11-16(21(2,3)26)10-17(29-11)30(27,28)24-20(25)23-19-14-8-4-6-12(14)18(22)13-7-5-9-15(13)19/h10,26H,4-9H2,1-3H3,(H2,23,24,25). The maximum atomic E-state index is 14.8. The van der Waals surface area contributed by atoms with Gasteiger partial charge in [-0.3, -0.25) is 0 Å². The predicted molar refractivity (Wildman–Crippen MR) is 108 cm³/mol. The molecule has 1 heterocycles. The fourth-order valence-electron chi connectivity index (χ4n) is 4.54. The molecule has 0 radical (unpaired) electrons. The van der Waals surface area contributed by atoms with Gasteiger partial charge >= 0.3 is 6.03 Å². The van der Waals surface area contributed by atoms with Gasteiger partial charge in [0.25, 0.3) is 10.0 Å². The van der Waals surface area contributed by atoms with Crippen LogP contribution in [0.25, 0.3) is 0 Å². The molecule has 162 valence electrons. The topological polar surface area (TPSA) is 109 Å². The molecule has 2 amide bonds. The van der Waals surface area contributed by atoms with Crippen LogP contribution in [-0.4, -0.2) is 19.6 Å². The molecule has 30 heavy (non-hydrogen) atoms. The molecule has 0 saturated carbocycles. The van der Waals surface area contributed by atoms with Crippen molar-refractivity contribution >= 4 is 21.7 Å². The van der Waals surface area contributed by atoms with Gasteiger partial charge in [0.05, 0.1) is 5.60 Å². The number of furan rings is 1. The average molecular weight is 437 g/mol. The normalized spacial score (nSPS) is 15.8. The summed E-state index contributed by atoms with van der Waals surface area (Å²) in [5.41, 5.74) is 2.35. The summed E-state index contributed by atoms with van der Waals surface area (Å²) in [4.78, 5) is 12.6. The molecule has 2 aliphatic carbocycles. The van der Waals surface area contributed by atoms with Crippen molar-refractivity contribution in [1.29, 1.82) is 0 Å². The number of nitrogens with one attached hydrogen (secondary N) is 2. The molecule has 1 aromatic carbocycles. The molecule has 3 N–H and O–H groups in total. The third-order valence-corrected chi connectivity index (χ3v) is 7.04. The van der Waals surface area contributed by atoms with Crippen LogP contribution in [0, 0.1) is 12.7 Å². The van der Waals surface area contributed by atoms with Crippen molar-refractivity contribution in [3.63, 3.8) is 0 Å². The summed E-state index contributed by atoms with van der Waals surface area (Å²) in [5, 5.41) is 12.3. The van der Waals surface area contributed by atoms with E-state index in [9.17, 15) is 22.7 Å². The molecule has 1 aromatic heterocycles. The first-order valence-electron chi connectivity index (χ1n) is 10.0. The number of carbonyl (C=O) groups excluding carboxylic acids is 1. The number of amides is 2. The number of hydrogen-bond acceptors (Lipinski definition) is 5. The van der Waals surface area contributed by atoms with E-state index in [-0.39, 0.29) is 11.6 Å². The van der Waals surface area contributed by atoms with Crippen LogP contribution in [-0.2, 0) is 41.3 Å². The van der Waals surface area contributed by atoms with Crippen molar-refractivity contribution in [3.8, 4) is 0 Å². The number of fused-ring (bicyclic) bond motifs is 2. The van der Waals surface area contributed by atoms with Crippen LogP contribution in [0.3, 0.4) is 0 Å². The van der Waals surface area contributed by atoms with E-state index in [1.54, 1.807) is 0 Å². The summed E-state index contributed by atoms with van der Waals surface area (Å²) in [5.74, 6) is 0.0799. The number of benzene rings is 1. The summed E-state index contributed by atoms with van der Waals surface area (Å²) in [6.45, 7) is 4.56. The van der Waals surface area contributed by atoms with Crippen molar-refractivity contribution < 1.29 is 27.1 Å². The minimum absolute atomic E-state index is 0.168. The Morgan fingerprint density at radius 2 is 1.63 bits per heavy atom. The van der Waals surface area contributed by atoms with Gasteiger partial charge in [0.15, 0.2) is 0 Å². The number of anilines is 1. The summed E-state index contributed by atoms with van der Waals surface area (Å²) < 4.78 is 47.3. The fraction of sp³-hybridized carbons (Fsp3) is 0.476. The molecule has 0 spiro atoms. The number of halogens is 1. The first-order chi connectivity index (χ1) is 14.0. The molecule has 4 rings (SSSR count). The Kier molecular flexibility index (Phi) is 4.93. The number of urea groups is 1. The van der Waals surface area contributed by atoms with Gasteiger partial charge in [-0.25, -0.2) is 13.9 Å². The lowest BCUT2D eigenvalue weighted by molar-refractivity contribution is 0.0769. The molecule has 0 unspecified atom stereocenters. The summed E-state index contributed by atoms with van der Waals surface area (Å²) in [7, 11) is -4.29. The van der Waals surface area contributed by atoms with E-state index in [2.05, 4.69) is 5.32 Å². The largest absolute Gasteiger partial charge is 0.448 e. The highest BCUT2D eigenvalue weighted by Crippen LogP contribution is 2.41. The Morgan fingerprint density at radius 3 is 2.13 bits per heavy atom. The van der Waals surface area contributed by atoms with Gasteiger partial charge in [0.1, 0.15) is 11.6 Å². The second-order valence-electron chi connectivity index (χ2n) is 8.46. The minimum Gasteiger partial charge on any atom is -0.448 e. The van der Waals surface area contributed by atoms with Crippen LogP contribution in [0.15, 0.2) is 15.6 Å². The SMILES string of the molecule is Cc1oc(S(=O)(=O)NC(=O)Nc2c3c(c(F)c4c2CCC4)CCC3)cc1C(C)(C)O. The molecular weight excluding hydrogens is 411 g/mol. The Hall–Kier alpha value is -2.39. The van der Waals surface area contributed by atoms with Crippen LogP contribution >= 0.6 is 0 Å². The highest BCUT2D eigenvalue weighted by molar-refractivity contribution is 7.89. The number of aryl methyl sites for hydroxylation is 1. The average Bonchev–Trinajstić information content (AvgIpc) is 3.36. The Balaban J connectivity index is 1.61. The number of carbonyl (C=O) groups is 1. The zero-order valence-electron chi connectivity index (χ0n) is 17.2. The third kappa shape index (κ3) is 3.50. The molecule has 2 aromatic rings. The summed E-state index contributed by atoms with van der Waals surface area (Å²) in [6, 6.07) is 0.279. The second kappa shape index (κ2) is 7.09. The molecule has 0 atom stereocenters. The number of aliphatic hydroxyl groups is 1. The van der Waals surface area contributed by atoms with Gasteiger partial charge in [-0.2, -0.15) is 8.42 Å². The van der Waals surface area contributed by atoms with E-state index in [1.807, 2.05) is 4.72 Å². The molecule has 7 nitrogen and oxygen atoms in total. The van der Waals surface area contributed by atoms with Crippen molar-refractivity contribution in [3.05, 3.63) is 45.5 Å². The van der Waals surface area contributed by atoms with Crippen LogP contribution in [0.2, 0.25) is 0 Å². The predicted octanol–water partition coefficient (Wildman–Crippen LogP) is 3.44. The zero-order chi connectivity index (χ0) is 21.8. The smallest absolute Gasteiger partial charge is 0.333 e. The first kappa shape index (κ1) is 20.9. The van der Waals surface area contributed by atoms with E-state index in [0.29, 0.717) is 48.1 Å². The van der Waals surface area contributed by atoms with Crippen molar-refractivity contribution in [1.82, 2.24) is 4.72 Å². The maximum Gasteiger partial charge on any atom is 0.333 e. The maximum absolute atomic E-state index is 14.8. The lowest BCUT2D eigenvalue weighted by atomic mass is 9.98. The monoisotopic (exact) mass is 436 g/mol. The van der Waals surface area contributed by atoms with Gasteiger partial charge < -0.3 is 14.8 Å². The van der Waals surface area contributed by atoms with Crippen LogP contribution in [0.4, 0.5) is 14.9 Å².